The van der Waals surface area contributed by atoms with E-state index in [0.29, 0.717) is 6.42 Å². The Labute approximate surface area is 123 Å². The second-order valence-electron chi connectivity index (χ2n) is 6.62. The number of phenols is 1. The number of carbonyl (C=O) groups is 1. The number of benzene rings is 2. The number of fused-ring (bicyclic) bond motifs is 5. The van der Waals surface area contributed by atoms with Crippen LogP contribution in [-0.4, -0.2) is 22.1 Å². The Balaban J connectivity index is 1.93. The summed E-state index contributed by atoms with van der Waals surface area (Å²) in [6.45, 7) is 2.00. The van der Waals surface area contributed by atoms with E-state index in [-0.39, 0.29) is 17.5 Å². The smallest absolute Gasteiger partial charge is 0.167 e. The highest BCUT2D eigenvalue weighted by Gasteiger charge is 2.53. The van der Waals surface area contributed by atoms with Gasteiger partial charge in [0.1, 0.15) is 11.9 Å². The summed E-state index contributed by atoms with van der Waals surface area (Å²) in [4.78, 5) is 12.3. The van der Waals surface area contributed by atoms with Crippen molar-refractivity contribution in [3.8, 4) is 5.75 Å². The average Bonchev–Trinajstić information content (AvgIpc) is 2.70. The van der Waals surface area contributed by atoms with Crippen molar-refractivity contribution in [2.75, 3.05) is 0 Å². The quantitative estimate of drug-likeness (QED) is 0.781. The van der Waals surface area contributed by atoms with Crippen LogP contribution in [-0.2, 0) is 11.2 Å². The molecule has 0 aliphatic heterocycles. The molecule has 1 saturated carbocycles. The Morgan fingerprint density at radius 1 is 1.24 bits per heavy atom. The Kier molecular flexibility index (Phi) is 2.49. The average molecular weight is 282 g/mol. The van der Waals surface area contributed by atoms with E-state index in [1.165, 1.54) is 11.1 Å². The molecular formula is C18H18O3. The number of hydrogen-bond donors (Lipinski definition) is 2. The molecule has 2 aliphatic rings. The van der Waals surface area contributed by atoms with E-state index in [4.69, 9.17) is 0 Å². The zero-order chi connectivity index (χ0) is 14.8. The van der Waals surface area contributed by atoms with Crippen LogP contribution in [0, 0.1) is 5.41 Å². The number of aliphatic hydroxyl groups excluding tert-OH is 1. The van der Waals surface area contributed by atoms with Gasteiger partial charge in [0, 0.05) is 5.41 Å². The van der Waals surface area contributed by atoms with Gasteiger partial charge in [-0.1, -0.05) is 25.1 Å². The van der Waals surface area contributed by atoms with Crippen molar-refractivity contribution in [1.29, 1.82) is 0 Å². The number of aryl methyl sites for hydroxylation is 1. The van der Waals surface area contributed by atoms with E-state index >= 15 is 0 Å². The molecule has 2 aliphatic carbocycles. The number of aliphatic hydroxyl groups is 1. The molecule has 0 spiro atoms. The highest BCUT2D eigenvalue weighted by atomic mass is 16.3. The third-order valence-corrected chi connectivity index (χ3v) is 5.51. The van der Waals surface area contributed by atoms with Gasteiger partial charge in [-0.15, -0.1) is 0 Å². The molecule has 2 aromatic rings. The summed E-state index contributed by atoms with van der Waals surface area (Å²) in [7, 11) is 0. The second-order valence-corrected chi connectivity index (χ2v) is 6.62. The summed E-state index contributed by atoms with van der Waals surface area (Å²) in [6, 6.07) is 9.53. The van der Waals surface area contributed by atoms with E-state index in [0.717, 1.165) is 23.6 Å². The van der Waals surface area contributed by atoms with E-state index in [9.17, 15) is 15.0 Å². The predicted octanol–water partition coefficient (Wildman–Crippen LogP) is 2.92. The number of ketones is 1. The standard InChI is InChI=1S/C18H18O3/c1-18-7-6-13-12-5-3-11(19)8-10(12)2-4-14(13)15(18)9-16(20)17(18)21/h2-5,8,15-16,19-20H,6-7,9H2,1H3/t15-,16?,18-/m0/s1. The van der Waals surface area contributed by atoms with Crippen LogP contribution in [0.4, 0.5) is 0 Å². The Bertz CT molecular complexity index is 764. The molecule has 4 rings (SSSR count). The molecule has 0 radical (unpaired) electrons. The van der Waals surface area contributed by atoms with Crippen LogP contribution in [0.1, 0.15) is 36.8 Å². The van der Waals surface area contributed by atoms with E-state index in [2.05, 4.69) is 6.07 Å². The van der Waals surface area contributed by atoms with Crippen molar-refractivity contribution in [3.63, 3.8) is 0 Å². The van der Waals surface area contributed by atoms with Crippen LogP contribution in [0.2, 0.25) is 0 Å². The first-order valence-electron chi connectivity index (χ1n) is 7.47. The molecule has 0 saturated heterocycles. The largest absolute Gasteiger partial charge is 0.508 e. The monoisotopic (exact) mass is 282 g/mol. The summed E-state index contributed by atoms with van der Waals surface area (Å²) in [5.74, 6) is 0.389. The van der Waals surface area contributed by atoms with Gasteiger partial charge in [-0.25, -0.2) is 0 Å². The van der Waals surface area contributed by atoms with E-state index in [1.54, 1.807) is 12.1 Å². The van der Waals surface area contributed by atoms with E-state index < -0.39 is 11.5 Å². The molecule has 0 amide bonds. The van der Waals surface area contributed by atoms with Gasteiger partial charge < -0.3 is 10.2 Å². The lowest BCUT2D eigenvalue weighted by Crippen LogP contribution is -2.34. The first kappa shape index (κ1) is 12.8. The van der Waals surface area contributed by atoms with Crippen LogP contribution in [0.5, 0.6) is 5.75 Å². The zero-order valence-corrected chi connectivity index (χ0v) is 12.0. The lowest BCUT2D eigenvalue weighted by molar-refractivity contribution is -0.132. The minimum atomic E-state index is -0.818. The molecule has 0 bridgehead atoms. The highest BCUT2D eigenvalue weighted by molar-refractivity contribution is 5.94. The molecule has 2 N–H and O–H groups in total. The lowest BCUT2D eigenvalue weighted by Gasteiger charge is -2.36. The molecule has 2 aromatic carbocycles. The third kappa shape index (κ3) is 1.61. The second kappa shape index (κ2) is 4.08. The molecule has 0 heterocycles. The SMILES string of the molecule is C[C@]12CCc3c(ccc4cc(O)ccc34)[C@@H]1CC(O)C2=O. The summed E-state index contributed by atoms with van der Waals surface area (Å²) < 4.78 is 0. The van der Waals surface area contributed by atoms with Gasteiger partial charge in [-0.3, -0.25) is 4.79 Å². The summed E-state index contributed by atoms with van der Waals surface area (Å²) in [5, 5.41) is 21.8. The van der Waals surface area contributed by atoms with E-state index in [1.807, 2.05) is 19.1 Å². The van der Waals surface area contributed by atoms with Gasteiger partial charge in [0.25, 0.3) is 0 Å². The summed E-state index contributed by atoms with van der Waals surface area (Å²) in [6.07, 6.45) is 1.36. The number of rotatable bonds is 0. The summed E-state index contributed by atoms with van der Waals surface area (Å²) in [5.41, 5.74) is 2.06. The number of aromatic hydroxyl groups is 1. The molecule has 3 atom stereocenters. The molecule has 3 nitrogen and oxygen atoms in total. The van der Waals surface area contributed by atoms with Crippen molar-refractivity contribution >= 4 is 16.6 Å². The molecule has 21 heavy (non-hydrogen) atoms. The van der Waals surface area contributed by atoms with Gasteiger partial charge in [0.2, 0.25) is 0 Å². The number of carbonyl (C=O) groups excluding carboxylic acids is 1. The molecule has 1 fully saturated rings. The maximum absolute atomic E-state index is 12.3. The fraction of sp³-hybridized carbons (Fsp3) is 0.389. The van der Waals surface area contributed by atoms with Gasteiger partial charge in [-0.2, -0.15) is 0 Å². The van der Waals surface area contributed by atoms with Crippen molar-refractivity contribution in [2.24, 2.45) is 5.41 Å². The van der Waals surface area contributed by atoms with Crippen LogP contribution >= 0.6 is 0 Å². The Hall–Kier alpha value is -1.87. The van der Waals surface area contributed by atoms with Gasteiger partial charge in [0.05, 0.1) is 0 Å². The predicted molar refractivity (Wildman–Crippen MR) is 80.4 cm³/mol. The third-order valence-electron chi connectivity index (χ3n) is 5.51. The molecule has 0 aromatic heterocycles. The van der Waals surface area contributed by atoms with Crippen molar-refractivity contribution in [3.05, 3.63) is 41.5 Å². The molecule has 1 unspecified atom stereocenters. The molecular weight excluding hydrogens is 264 g/mol. The fourth-order valence-electron chi connectivity index (χ4n) is 4.30. The minimum Gasteiger partial charge on any atom is -0.508 e. The zero-order valence-electron chi connectivity index (χ0n) is 12.0. The lowest BCUT2D eigenvalue weighted by atomic mass is 9.66. The highest BCUT2D eigenvalue weighted by Crippen LogP contribution is 2.54. The van der Waals surface area contributed by atoms with Gasteiger partial charge in [-0.05, 0) is 59.2 Å². The molecule has 108 valence electrons. The van der Waals surface area contributed by atoms with Crippen LogP contribution in [0.25, 0.3) is 10.8 Å². The van der Waals surface area contributed by atoms with Crippen molar-refractivity contribution in [2.45, 2.75) is 38.2 Å². The number of phenolic OH excluding ortho intramolecular Hbond substituents is 1. The minimum absolute atomic E-state index is 0.00366. The first-order chi connectivity index (χ1) is 10.0. The van der Waals surface area contributed by atoms with Crippen molar-refractivity contribution in [1.82, 2.24) is 0 Å². The Morgan fingerprint density at radius 2 is 2.05 bits per heavy atom. The van der Waals surface area contributed by atoms with Crippen LogP contribution in [0.15, 0.2) is 30.3 Å². The van der Waals surface area contributed by atoms with Crippen LogP contribution < -0.4 is 0 Å². The maximum Gasteiger partial charge on any atom is 0.167 e. The van der Waals surface area contributed by atoms with Gasteiger partial charge in [0.15, 0.2) is 5.78 Å². The maximum atomic E-state index is 12.3. The number of Topliss-reactive ketones (excluding diaryl/α,β-unsaturated/α-hetero) is 1. The fourth-order valence-corrected chi connectivity index (χ4v) is 4.30. The van der Waals surface area contributed by atoms with Crippen molar-refractivity contribution < 1.29 is 15.0 Å². The summed E-state index contributed by atoms with van der Waals surface area (Å²) >= 11 is 0. The topological polar surface area (TPSA) is 57.5 Å². The first-order valence-corrected chi connectivity index (χ1v) is 7.47. The number of hydrogen-bond acceptors (Lipinski definition) is 3. The van der Waals surface area contributed by atoms with Gasteiger partial charge >= 0.3 is 0 Å². The van der Waals surface area contributed by atoms with Crippen LogP contribution in [0.3, 0.4) is 0 Å². The normalized spacial score (nSPS) is 31.2. The molecule has 3 heteroatoms. The Morgan fingerprint density at radius 3 is 2.86 bits per heavy atom.